The molecule has 0 N–H and O–H groups in total. The Morgan fingerprint density at radius 3 is 2.91 bits per heavy atom. The van der Waals surface area contributed by atoms with E-state index in [1.54, 1.807) is 6.08 Å². The van der Waals surface area contributed by atoms with Crippen LogP contribution >= 0.6 is 0 Å². The largest absolute Gasteiger partial charge is 0.502 e. The third-order valence-electron chi connectivity index (χ3n) is 0.848. The minimum atomic E-state index is -0.425. The van der Waals surface area contributed by atoms with Gasteiger partial charge < -0.3 is 9.47 Å². The van der Waals surface area contributed by atoms with Crippen LogP contribution in [0.1, 0.15) is 6.92 Å². The summed E-state index contributed by atoms with van der Waals surface area (Å²) in [6.45, 7) is 5.96. The Morgan fingerprint density at radius 1 is 1.64 bits per heavy atom. The second-order valence-electron chi connectivity index (χ2n) is 1.66. The van der Waals surface area contributed by atoms with Gasteiger partial charge in [-0.2, -0.15) is 0 Å². The number of carbonyl (C=O) groups excluding carboxylic acids is 1. The molecule has 0 saturated carbocycles. The summed E-state index contributed by atoms with van der Waals surface area (Å²) in [6.07, 6.45) is 4.23. The normalized spacial score (nSPS) is 9.55. The van der Waals surface area contributed by atoms with Crippen molar-refractivity contribution in [1.29, 1.82) is 0 Å². The summed E-state index contributed by atoms with van der Waals surface area (Å²) in [5.74, 6) is -0.425. The second-order valence-corrected chi connectivity index (χ2v) is 1.66. The van der Waals surface area contributed by atoms with Gasteiger partial charge in [-0.05, 0) is 13.0 Å². The van der Waals surface area contributed by atoms with Crippen LogP contribution in [0.25, 0.3) is 0 Å². The Morgan fingerprint density at radius 2 is 2.36 bits per heavy atom. The summed E-state index contributed by atoms with van der Waals surface area (Å²) in [5.41, 5.74) is 0. The smallest absolute Gasteiger partial charge is 0.330 e. The maximum atomic E-state index is 10.4. The number of ether oxygens (including phenoxy) is 2. The Kier molecular flexibility index (Phi) is 6.08. The van der Waals surface area contributed by atoms with E-state index in [-0.39, 0.29) is 6.61 Å². The molecule has 3 heteroatoms. The van der Waals surface area contributed by atoms with Gasteiger partial charge in [0.15, 0.2) is 0 Å². The van der Waals surface area contributed by atoms with E-state index in [2.05, 4.69) is 11.3 Å². The van der Waals surface area contributed by atoms with Crippen LogP contribution in [0, 0.1) is 0 Å². The summed E-state index contributed by atoms with van der Waals surface area (Å²) in [6, 6.07) is 0. The zero-order chi connectivity index (χ0) is 8.53. The number of carbonyl (C=O) groups is 1. The minimum Gasteiger partial charge on any atom is -0.502 e. The summed E-state index contributed by atoms with van der Waals surface area (Å²) < 4.78 is 9.47. The molecular formula is C8H12O3. The van der Waals surface area contributed by atoms with E-state index in [1.807, 2.05) is 6.92 Å². The van der Waals surface area contributed by atoms with E-state index in [4.69, 9.17) is 4.74 Å². The topological polar surface area (TPSA) is 35.5 Å². The van der Waals surface area contributed by atoms with Crippen molar-refractivity contribution < 1.29 is 14.3 Å². The molecule has 0 fully saturated rings. The molecule has 0 rings (SSSR count). The average molecular weight is 156 g/mol. The van der Waals surface area contributed by atoms with Gasteiger partial charge in [-0.25, -0.2) is 4.79 Å². The number of hydrogen-bond donors (Lipinski definition) is 0. The van der Waals surface area contributed by atoms with E-state index < -0.39 is 5.97 Å². The van der Waals surface area contributed by atoms with Crippen molar-refractivity contribution in [3.8, 4) is 0 Å². The number of rotatable bonds is 5. The highest BCUT2D eigenvalue weighted by Gasteiger charge is 1.89. The van der Waals surface area contributed by atoms with E-state index in [9.17, 15) is 4.79 Å². The van der Waals surface area contributed by atoms with Crippen molar-refractivity contribution in [3.05, 3.63) is 25.0 Å². The van der Waals surface area contributed by atoms with Gasteiger partial charge in [0.1, 0.15) is 6.61 Å². The van der Waals surface area contributed by atoms with E-state index in [0.29, 0.717) is 6.61 Å². The Labute approximate surface area is 66.3 Å². The van der Waals surface area contributed by atoms with Crippen LogP contribution in [0.5, 0.6) is 0 Å². The van der Waals surface area contributed by atoms with E-state index in [1.165, 1.54) is 6.26 Å². The van der Waals surface area contributed by atoms with E-state index in [0.717, 1.165) is 6.08 Å². The fraction of sp³-hybridized carbons (Fsp3) is 0.375. The fourth-order valence-corrected chi connectivity index (χ4v) is 0.393. The minimum absolute atomic E-state index is 0.227. The Bertz CT molecular complexity index is 149. The highest BCUT2D eigenvalue weighted by molar-refractivity contribution is 5.81. The molecule has 0 aliphatic carbocycles. The summed E-state index contributed by atoms with van der Waals surface area (Å²) in [5, 5.41) is 0. The molecule has 0 aliphatic heterocycles. The van der Waals surface area contributed by atoms with Crippen LogP contribution in [0.4, 0.5) is 0 Å². The summed E-state index contributed by atoms with van der Waals surface area (Å²) in [7, 11) is 0. The van der Waals surface area contributed by atoms with Crippen molar-refractivity contribution >= 4 is 5.97 Å². The lowest BCUT2D eigenvalue weighted by Gasteiger charge is -1.95. The lowest BCUT2D eigenvalue weighted by atomic mass is 10.6. The quantitative estimate of drug-likeness (QED) is 0.341. The molecule has 0 aromatic rings. The highest BCUT2D eigenvalue weighted by Crippen LogP contribution is 1.82. The van der Waals surface area contributed by atoms with Crippen molar-refractivity contribution in [2.45, 2.75) is 6.92 Å². The molecule has 0 bridgehead atoms. The molecule has 0 radical (unpaired) electrons. The van der Waals surface area contributed by atoms with Crippen LogP contribution < -0.4 is 0 Å². The van der Waals surface area contributed by atoms with Gasteiger partial charge >= 0.3 is 5.97 Å². The zero-order valence-corrected chi connectivity index (χ0v) is 6.58. The molecule has 0 heterocycles. The predicted molar refractivity (Wildman–Crippen MR) is 41.9 cm³/mol. The van der Waals surface area contributed by atoms with Gasteiger partial charge in [0.2, 0.25) is 0 Å². The summed E-state index contributed by atoms with van der Waals surface area (Å²) in [4.78, 5) is 10.4. The lowest BCUT2D eigenvalue weighted by molar-refractivity contribution is -0.136. The van der Waals surface area contributed by atoms with Gasteiger partial charge in [0, 0.05) is 6.08 Å². The fourth-order valence-electron chi connectivity index (χ4n) is 0.393. The molecule has 0 aliphatic rings. The molecule has 0 amide bonds. The van der Waals surface area contributed by atoms with Crippen LogP contribution in [0.3, 0.4) is 0 Å². The van der Waals surface area contributed by atoms with Gasteiger partial charge in [-0.3, -0.25) is 0 Å². The molecule has 11 heavy (non-hydrogen) atoms. The van der Waals surface area contributed by atoms with Crippen molar-refractivity contribution in [3.63, 3.8) is 0 Å². The maximum Gasteiger partial charge on any atom is 0.330 e. The predicted octanol–water partition coefficient (Wildman–Crippen LogP) is 1.27. The third-order valence-corrected chi connectivity index (χ3v) is 0.848. The molecule has 0 atom stereocenters. The standard InChI is InChI=1S/C8H12O3/c1-3-8(9)11-7-5-6-10-4-2/h3,5-6H,1,4,7H2,2H3. The monoisotopic (exact) mass is 156 g/mol. The molecule has 0 spiro atoms. The molecule has 0 saturated heterocycles. The lowest BCUT2D eigenvalue weighted by Crippen LogP contribution is -1.99. The third kappa shape index (κ3) is 6.64. The molecule has 3 nitrogen and oxygen atoms in total. The number of hydrogen-bond acceptors (Lipinski definition) is 3. The molecular weight excluding hydrogens is 144 g/mol. The van der Waals surface area contributed by atoms with Gasteiger partial charge in [0.05, 0.1) is 12.9 Å². The van der Waals surface area contributed by atoms with Crippen molar-refractivity contribution in [2.24, 2.45) is 0 Å². The summed E-state index contributed by atoms with van der Waals surface area (Å²) >= 11 is 0. The van der Waals surface area contributed by atoms with Crippen LogP contribution in [-0.4, -0.2) is 19.2 Å². The first-order valence-corrected chi connectivity index (χ1v) is 3.37. The SMILES string of the molecule is C=CC(=O)OCC=COCC. The second kappa shape index (κ2) is 6.86. The molecule has 0 aromatic carbocycles. The zero-order valence-electron chi connectivity index (χ0n) is 6.58. The number of esters is 1. The average Bonchev–Trinajstić information content (AvgIpc) is 2.04. The van der Waals surface area contributed by atoms with Crippen LogP contribution in [0.15, 0.2) is 25.0 Å². The van der Waals surface area contributed by atoms with Gasteiger partial charge in [0.25, 0.3) is 0 Å². The Hall–Kier alpha value is -1.25. The molecule has 62 valence electrons. The van der Waals surface area contributed by atoms with Crippen molar-refractivity contribution in [1.82, 2.24) is 0 Å². The molecule has 0 unspecified atom stereocenters. The van der Waals surface area contributed by atoms with Crippen molar-refractivity contribution in [2.75, 3.05) is 13.2 Å². The van der Waals surface area contributed by atoms with Crippen LogP contribution in [0.2, 0.25) is 0 Å². The van der Waals surface area contributed by atoms with Gasteiger partial charge in [-0.15, -0.1) is 0 Å². The highest BCUT2D eigenvalue weighted by atomic mass is 16.5. The molecule has 0 aromatic heterocycles. The Balaban J connectivity index is 3.26. The van der Waals surface area contributed by atoms with Gasteiger partial charge in [-0.1, -0.05) is 6.58 Å². The maximum absolute atomic E-state index is 10.4. The first kappa shape index (κ1) is 9.75. The first-order chi connectivity index (χ1) is 5.31. The van der Waals surface area contributed by atoms with Crippen LogP contribution in [-0.2, 0) is 14.3 Å². The van der Waals surface area contributed by atoms with E-state index >= 15 is 0 Å². The first-order valence-electron chi connectivity index (χ1n) is 3.37.